The number of nitrogens with zero attached hydrogens (tertiary/aromatic N) is 3. The molecule has 1 aliphatic carbocycles. The molecule has 1 heterocycles. The number of sulfone groups is 1. The van der Waals surface area contributed by atoms with Gasteiger partial charge in [0.2, 0.25) is 9.84 Å². The van der Waals surface area contributed by atoms with Crippen LogP contribution >= 0.6 is 11.6 Å². The summed E-state index contributed by atoms with van der Waals surface area (Å²) in [4.78, 5) is -1.38. The third-order valence-electron chi connectivity index (χ3n) is 5.73. The zero-order chi connectivity index (χ0) is 28.8. The number of hydrogen-bond acceptors (Lipinski definition) is 6. The molecule has 2 aromatic carbocycles. The van der Waals surface area contributed by atoms with Gasteiger partial charge in [-0.3, -0.25) is 4.68 Å². The second kappa shape index (κ2) is 10.1. The van der Waals surface area contributed by atoms with Crippen molar-refractivity contribution in [3.05, 3.63) is 81.1 Å². The average Bonchev–Trinajstić information content (AvgIpc) is 3.62. The number of allylic oxidation sites excluding steroid dienone is 1. The van der Waals surface area contributed by atoms with E-state index in [1.165, 1.54) is 29.9 Å². The summed E-state index contributed by atoms with van der Waals surface area (Å²) in [7, 11) is -3.14. The number of benzene rings is 2. The highest BCUT2D eigenvalue weighted by atomic mass is 35.5. The molecule has 0 bridgehead atoms. The van der Waals surface area contributed by atoms with Crippen molar-refractivity contribution in [2.24, 2.45) is 7.05 Å². The molecular weight excluding hydrogens is 572 g/mol. The van der Waals surface area contributed by atoms with E-state index in [0.717, 1.165) is 25.0 Å². The average molecular weight is 590 g/mol. The minimum atomic E-state index is -5.15. The van der Waals surface area contributed by atoms with Gasteiger partial charge >= 0.3 is 12.4 Å². The Morgan fingerprint density at radius 3 is 2.05 bits per heavy atom. The number of aryl methyl sites for hydroxylation is 1. The molecule has 0 saturated heterocycles. The van der Waals surface area contributed by atoms with Crippen LogP contribution in [0.5, 0.6) is 0 Å². The van der Waals surface area contributed by atoms with Crippen molar-refractivity contribution in [1.29, 1.82) is 5.26 Å². The first-order valence-corrected chi connectivity index (χ1v) is 13.0. The van der Waals surface area contributed by atoms with Crippen LogP contribution < -0.4 is 10.6 Å². The Morgan fingerprint density at radius 2 is 1.56 bits per heavy atom. The van der Waals surface area contributed by atoms with Crippen LogP contribution in [0.3, 0.4) is 0 Å². The molecule has 1 aliphatic rings. The van der Waals surface area contributed by atoms with E-state index >= 15 is 0 Å². The van der Waals surface area contributed by atoms with Crippen LogP contribution in [-0.2, 0) is 29.2 Å². The molecule has 206 valence electrons. The molecule has 0 aliphatic heterocycles. The minimum absolute atomic E-state index is 0.0688. The Morgan fingerprint density at radius 1 is 1.00 bits per heavy atom. The van der Waals surface area contributed by atoms with E-state index in [1.54, 1.807) is 6.07 Å². The largest absolute Gasteiger partial charge is 0.416 e. The molecular formula is C24H18ClF6N5O2S. The molecule has 1 saturated carbocycles. The lowest BCUT2D eigenvalue weighted by Crippen LogP contribution is -2.20. The van der Waals surface area contributed by atoms with Crippen molar-refractivity contribution in [2.75, 3.05) is 10.6 Å². The summed E-state index contributed by atoms with van der Waals surface area (Å²) in [6.07, 6.45) is -8.56. The first-order valence-electron chi connectivity index (χ1n) is 11.1. The Bertz CT molecular complexity index is 1550. The van der Waals surface area contributed by atoms with E-state index in [9.17, 15) is 40.0 Å². The summed E-state index contributed by atoms with van der Waals surface area (Å²) < 4.78 is 109. The predicted molar refractivity (Wildman–Crippen MR) is 130 cm³/mol. The summed E-state index contributed by atoms with van der Waals surface area (Å²) >= 11 is 5.82. The number of halogens is 7. The van der Waals surface area contributed by atoms with Crippen LogP contribution in [0.1, 0.15) is 35.6 Å². The highest BCUT2D eigenvalue weighted by Gasteiger charge is 2.37. The van der Waals surface area contributed by atoms with Gasteiger partial charge in [-0.25, -0.2) is 8.42 Å². The van der Waals surface area contributed by atoms with Gasteiger partial charge in [0.1, 0.15) is 17.7 Å². The van der Waals surface area contributed by atoms with Crippen molar-refractivity contribution in [3.8, 4) is 6.07 Å². The van der Waals surface area contributed by atoms with Gasteiger partial charge in [0, 0.05) is 29.7 Å². The second-order valence-corrected chi connectivity index (χ2v) is 11.0. The van der Waals surface area contributed by atoms with Gasteiger partial charge in [0.05, 0.1) is 21.7 Å². The number of hydrogen-bond donors (Lipinski definition) is 2. The fourth-order valence-corrected chi connectivity index (χ4v) is 4.96. The van der Waals surface area contributed by atoms with Crippen molar-refractivity contribution >= 4 is 32.9 Å². The molecule has 0 spiro atoms. The first-order chi connectivity index (χ1) is 18.1. The number of rotatable bonds is 7. The number of anilines is 2. The number of alkyl halides is 6. The van der Waals surface area contributed by atoms with Crippen molar-refractivity contribution < 1.29 is 34.8 Å². The minimum Gasteiger partial charge on any atom is -0.340 e. The molecule has 2 N–H and O–H groups in total. The van der Waals surface area contributed by atoms with Crippen LogP contribution in [0.2, 0.25) is 5.02 Å². The maximum absolute atomic E-state index is 13.4. The van der Waals surface area contributed by atoms with Crippen LogP contribution in [0, 0.1) is 11.3 Å². The van der Waals surface area contributed by atoms with Gasteiger partial charge in [-0.1, -0.05) is 11.6 Å². The first kappa shape index (κ1) is 28.3. The maximum Gasteiger partial charge on any atom is 0.416 e. The highest BCUT2D eigenvalue weighted by molar-refractivity contribution is 7.95. The van der Waals surface area contributed by atoms with Crippen LogP contribution in [0.15, 0.2) is 64.2 Å². The maximum atomic E-state index is 13.4. The molecule has 0 radical (unpaired) electrons. The smallest absolute Gasteiger partial charge is 0.340 e. The molecule has 15 heteroatoms. The third kappa shape index (κ3) is 6.31. The topological polar surface area (TPSA) is 99.8 Å². The van der Waals surface area contributed by atoms with Crippen LogP contribution in [0.25, 0.3) is 0 Å². The lowest BCUT2D eigenvalue weighted by molar-refractivity contribution is -0.143. The highest BCUT2D eigenvalue weighted by Crippen LogP contribution is 2.41. The second-order valence-electron chi connectivity index (χ2n) is 8.67. The summed E-state index contributed by atoms with van der Waals surface area (Å²) in [5, 5.41) is 19.3. The van der Waals surface area contributed by atoms with E-state index in [-0.39, 0.29) is 27.7 Å². The molecule has 3 aromatic rings. The van der Waals surface area contributed by atoms with Gasteiger partial charge in [-0.15, -0.1) is 0 Å². The van der Waals surface area contributed by atoms with Crippen molar-refractivity contribution in [1.82, 2.24) is 9.78 Å². The molecule has 1 fully saturated rings. The lowest BCUT2D eigenvalue weighted by Gasteiger charge is -2.19. The lowest BCUT2D eigenvalue weighted by atomic mass is 10.1. The number of nitrogens with one attached hydrogen (secondary N) is 2. The standard InChI is InChI=1S/C24H18ClF6N5O2S/c1-36-21(11-19(35-36)13-2-3-13)34-22(20(12-32)39(37,38)18-6-4-16(25)5-7-18)33-17-9-14(23(26,27)28)8-15(10-17)24(29,30)31/h4-11,13,33-34H,2-3H2,1H3. The number of aromatic nitrogens is 2. The van der Waals surface area contributed by atoms with E-state index in [4.69, 9.17) is 11.6 Å². The monoisotopic (exact) mass is 589 g/mol. The molecule has 1 aromatic heterocycles. The van der Waals surface area contributed by atoms with Gasteiger partial charge in [0.15, 0.2) is 4.91 Å². The zero-order valence-electron chi connectivity index (χ0n) is 19.8. The predicted octanol–water partition coefficient (Wildman–Crippen LogP) is 6.68. The van der Waals surface area contributed by atoms with E-state index < -0.39 is 49.7 Å². The quantitative estimate of drug-likeness (QED) is 0.236. The molecule has 0 amide bonds. The molecule has 39 heavy (non-hydrogen) atoms. The van der Waals surface area contributed by atoms with Crippen molar-refractivity contribution in [3.63, 3.8) is 0 Å². The van der Waals surface area contributed by atoms with E-state index in [2.05, 4.69) is 15.7 Å². The summed E-state index contributed by atoms with van der Waals surface area (Å²) in [6.45, 7) is 0. The molecule has 4 rings (SSSR count). The molecule has 0 unspecified atom stereocenters. The van der Waals surface area contributed by atoms with Gasteiger partial charge in [-0.2, -0.15) is 36.7 Å². The van der Waals surface area contributed by atoms with E-state index in [0.29, 0.717) is 17.8 Å². The third-order valence-corrected chi connectivity index (χ3v) is 7.70. The summed E-state index contributed by atoms with van der Waals surface area (Å²) in [5.41, 5.74) is -3.37. The van der Waals surface area contributed by atoms with E-state index in [1.807, 2.05) is 0 Å². The van der Waals surface area contributed by atoms with Gasteiger partial charge in [0.25, 0.3) is 0 Å². The Balaban J connectivity index is 1.89. The van der Waals surface area contributed by atoms with Gasteiger partial charge < -0.3 is 10.6 Å². The number of nitriles is 1. The van der Waals surface area contributed by atoms with Crippen molar-refractivity contribution in [2.45, 2.75) is 36.0 Å². The Labute approximate surface area is 223 Å². The summed E-state index contributed by atoms with van der Waals surface area (Å²) in [6, 6.07) is 8.44. The fraction of sp³-hybridized carbons (Fsp3) is 0.250. The van der Waals surface area contributed by atoms with Crippen LogP contribution in [-0.4, -0.2) is 18.2 Å². The zero-order valence-corrected chi connectivity index (χ0v) is 21.4. The fourth-order valence-electron chi connectivity index (χ4n) is 3.61. The molecule has 7 nitrogen and oxygen atoms in total. The van der Waals surface area contributed by atoms with Gasteiger partial charge in [-0.05, 0) is 55.3 Å². The Kier molecular flexibility index (Phi) is 7.35. The van der Waals surface area contributed by atoms with Crippen LogP contribution in [0.4, 0.5) is 37.8 Å². The normalized spacial score (nSPS) is 14.9. The SMILES string of the molecule is Cn1nc(C2CC2)cc1NC(Nc1cc(C(F)(F)F)cc(C(F)(F)F)c1)=C(C#N)S(=O)(=O)c1ccc(Cl)cc1. The Hall–Kier alpha value is -3.70. The summed E-state index contributed by atoms with van der Waals surface area (Å²) in [5.74, 6) is -0.370. The molecule has 0 atom stereocenters.